The van der Waals surface area contributed by atoms with Crippen LogP contribution < -0.4 is 4.18 Å². The van der Waals surface area contributed by atoms with Crippen molar-refractivity contribution in [3.05, 3.63) is 59.4 Å². The second-order valence-corrected chi connectivity index (χ2v) is 8.50. The zero-order chi connectivity index (χ0) is 27.8. The minimum absolute atomic E-state index is 0.180. The highest BCUT2D eigenvalue weighted by molar-refractivity contribution is 7.88. The van der Waals surface area contributed by atoms with Crippen LogP contribution in [0, 0.1) is 0 Å². The van der Waals surface area contributed by atoms with Crippen LogP contribution in [-0.2, 0) is 21.0 Å². The first-order valence-corrected chi connectivity index (χ1v) is 11.2. The second kappa shape index (κ2) is 9.95. The van der Waals surface area contributed by atoms with Crippen molar-refractivity contribution in [2.24, 2.45) is 0 Å². The molecule has 3 aromatic rings. The molecule has 0 radical (unpaired) electrons. The number of carbonyl (C=O) groups excluding carboxylic acids is 1. The van der Waals surface area contributed by atoms with Crippen molar-refractivity contribution in [2.45, 2.75) is 25.0 Å². The Morgan fingerprint density at radius 2 is 1.76 bits per heavy atom. The number of nitrogens with zero attached hydrogens (tertiary/aromatic N) is 3. The predicted octanol–water partition coefficient (Wildman–Crippen LogP) is 5.30. The highest BCUT2D eigenvalue weighted by Crippen LogP contribution is 2.38. The van der Waals surface area contributed by atoms with Crippen LogP contribution in [0.25, 0.3) is 17.1 Å². The third-order valence-electron chi connectivity index (χ3n) is 4.50. The highest BCUT2D eigenvalue weighted by atomic mass is 32.2. The van der Waals surface area contributed by atoms with Gasteiger partial charge in [-0.2, -0.15) is 39.9 Å². The van der Waals surface area contributed by atoms with E-state index in [1.807, 2.05) is 0 Å². The van der Waals surface area contributed by atoms with Crippen LogP contribution in [0.3, 0.4) is 0 Å². The van der Waals surface area contributed by atoms with E-state index in [1.54, 1.807) is 0 Å². The summed E-state index contributed by atoms with van der Waals surface area (Å²) in [6, 6.07) is 4.67. The van der Waals surface area contributed by atoms with Crippen LogP contribution in [-0.4, -0.2) is 41.3 Å². The fraction of sp³-hybridized carbons (Fsp3) is 0.250. The molecule has 0 bridgehead atoms. The Morgan fingerprint density at radius 1 is 1.08 bits per heavy atom. The van der Waals surface area contributed by atoms with Crippen molar-refractivity contribution in [2.75, 3.05) is 6.61 Å². The van der Waals surface area contributed by atoms with Gasteiger partial charge in [0.25, 0.3) is 6.43 Å². The third kappa shape index (κ3) is 5.81. The first kappa shape index (κ1) is 27.8. The molecule has 17 heteroatoms. The van der Waals surface area contributed by atoms with Crippen molar-refractivity contribution >= 4 is 16.1 Å². The minimum Gasteiger partial charge on any atom is -0.462 e. The standard InChI is InChI=1S/C20H13F8N3O5S/c1-2-35-18(32)12-9-29-31(16(12)19(23,24)25)15-5-3-4-13(30-15)11-8-10(17(21)22)6-7-14(11)36-37(33,34)20(26,27)28/h3-9,17H,2H2,1H3. The Morgan fingerprint density at radius 3 is 2.32 bits per heavy atom. The molecule has 2 aromatic heterocycles. The van der Waals surface area contributed by atoms with Gasteiger partial charge in [0.15, 0.2) is 17.3 Å². The van der Waals surface area contributed by atoms with E-state index in [-0.39, 0.29) is 11.3 Å². The molecule has 2 heterocycles. The highest BCUT2D eigenvalue weighted by Gasteiger charge is 2.49. The van der Waals surface area contributed by atoms with E-state index >= 15 is 0 Å². The van der Waals surface area contributed by atoms with Crippen molar-refractivity contribution in [1.29, 1.82) is 0 Å². The molecule has 0 atom stereocenters. The number of alkyl halides is 8. The Labute approximate surface area is 202 Å². The summed E-state index contributed by atoms with van der Waals surface area (Å²) in [6.07, 6.45) is -7.77. The fourth-order valence-corrected chi connectivity index (χ4v) is 3.44. The summed E-state index contributed by atoms with van der Waals surface area (Å²) in [7, 11) is -6.25. The zero-order valence-electron chi connectivity index (χ0n) is 18.1. The zero-order valence-corrected chi connectivity index (χ0v) is 19.0. The molecule has 200 valence electrons. The van der Waals surface area contributed by atoms with Crippen LogP contribution >= 0.6 is 0 Å². The Balaban J connectivity index is 2.20. The summed E-state index contributed by atoms with van der Waals surface area (Å²) in [5.41, 5.74) is -10.5. The topological polar surface area (TPSA) is 100 Å². The number of hydrogen-bond acceptors (Lipinski definition) is 7. The second-order valence-electron chi connectivity index (χ2n) is 6.96. The van der Waals surface area contributed by atoms with E-state index in [0.717, 1.165) is 18.2 Å². The number of carbonyl (C=O) groups is 1. The molecule has 0 N–H and O–H groups in total. The molecular formula is C20H13F8N3O5S. The van der Waals surface area contributed by atoms with E-state index in [4.69, 9.17) is 0 Å². The van der Waals surface area contributed by atoms with Crippen LogP contribution in [0.15, 0.2) is 42.6 Å². The first-order chi connectivity index (χ1) is 17.1. The molecule has 0 aliphatic heterocycles. The van der Waals surface area contributed by atoms with Gasteiger partial charge in [-0.05, 0) is 37.3 Å². The van der Waals surface area contributed by atoms with Gasteiger partial charge < -0.3 is 8.92 Å². The van der Waals surface area contributed by atoms with Gasteiger partial charge >= 0.3 is 27.8 Å². The minimum atomic E-state index is -6.25. The number of esters is 1. The average molecular weight is 559 g/mol. The van der Waals surface area contributed by atoms with Gasteiger partial charge in [-0.1, -0.05) is 6.07 Å². The quantitative estimate of drug-likeness (QED) is 0.168. The molecule has 0 saturated carbocycles. The number of halogens is 8. The molecule has 0 aliphatic carbocycles. The molecule has 8 nitrogen and oxygen atoms in total. The molecule has 3 rings (SSSR count). The molecule has 0 aliphatic rings. The van der Waals surface area contributed by atoms with E-state index in [0.29, 0.717) is 24.4 Å². The Bertz CT molecular complexity index is 1420. The van der Waals surface area contributed by atoms with Gasteiger partial charge in [-0.25, -0.2) is 23.2 Å². The van der Waals surface area contributed by atoms with Crippen molar-refractivity contribution in [3.8, 4) is 22.8 Å². The van der Waals surface area contributed by atoms with Crippen LogP contribution in [0.1, 0.15) is 35.0 Å². The lowest BCUT2D eigenvalue weighted by Gasteiger charge is -2.15. The number of ether oxygens (including phenoxy) is 1. The number of aromatic nitrogens is 3. The lowest BCUT2D eigenvalue weighted by Crippen LogP contribution is -2.28. The van der Waals surface area contributed by atoms with Crippen molar-refractivity contribution in [1.82, 2.24) is 14.8 Å². The van der Waals surface area contributed by atoms with E-state index in [1.165, 1.54) is 6.92 Å². The Hall–Kier alpha value is -3.76. The fourth-order valence-electron chi connectivity index (χ4n) is 2.97. The van der Waals surface area contributed by atoms with Crippen LogP contribution in [0.4, 0.5) is 35.1 Å². The summed E-state index contributed by atoms with van der Waals surface area (Å²) in [5.74, 6) is -3.07. The number of benzene rings is 1. The molecule has 0 saturated heterocycles. The van der Waals surface area contributed by atoms with E-state index in [9.17, 15) is 48.3 Å². The van der Waals surface area contributed by atoms with Gasteiger partial charge in [-0.15, -0.1) is 0 Å². The summed E-state index contributed by atoms with van der Waals surface area (Å²) in [4.78, 5) is 15.8. The summed E-state index contributed by atoms with van der Waals surface area (Å²) >= 11 is 0. The lowest BCUT2D eigenvalue weighted by atomic mass is 10.1. The van der Waals surface area contributed by atoms with Crippen molar-refractivity contribution < 1.29 is 57.3 Å². The van der Waals surface area contributed by atoms with E-state index in [2.05, 4.69) is 19.0 Å². The van der Waals surface area contributed by atoms with Gasteiger partial charge in [0, 0.05) is 11.1 Å². The molecule has 0 amide bonds. The van der Waals surface area contributed by atoms with Gasteiger partial charge in [0.05, 0.1) is 18.5 Å². The number of rotatable bonds is 7. The van der Waals surface area contributed by atoms with Crippen LogP contribution in [0.2, 0.25) is 0 Å². The monoisotopic (exact) mass is 559 g/mol. The lowest BCUT2D eigenvalue weighted by molar-refractivity contribution is -0.143. The molecule has 0 unspecified atom stereocenters. The van der Waals surface area contributed by atoms with Gasteiger partial charge in [-0.3, -0.25) is 0 Å². The van der Waals surface area contributed by atoms with E-state index < -0.39 is 73.8 Å². The maximum atomic E-state index is 13.8. The van der Waals surface area contributed by atoms with Crippen LogP contribution in [0.5, 0.6) is 5.75 Å². The smallest absolute Gasteiger partial charge is 0.462 e. The van der Waals surface area contributed by atoms with Gasteiger partial charge in [0.1, 0.15) is 5.56 Å². The first-order valence-electron chi connectivity index (χ1n) is 9.79. The number of hydrogen-bond donors (Lipinski definition) is 0. The molecular weight excluding hydrogens is 546 g/mol. The van der Waals surface area contributed by atoms with Gasteiger partial charge in [0.2, 0.25) is 0 Å². The third-order valence-corrected chi connectivity index (χ3v) is 5.46. The number of pyridine rings is 1. The maximum absolute atomic E-state index is 13.8. The summed E-state index contributed by atoms with van der Waals surface area (Å²) in [5, 5.41) is 3.49. The normalized spacial score (nSPS) is 12.6. The molecule has 1 aromatic carbocycles. The molecule has 0 fully saturated rings. The molecule has 37 heavy (non-hydrogen) atoms. The van der Waals surface area contributed by atoms with Crippen molar-refractivity contribution in [3.63, 3.8) is 0 Å². The largest absolute Gasteiger partial charge is 0.534 e. The maximum Gasteiger partial charge on any atom is 0.534 e. The summed E-state index contributed by atoms with van der Waals surface area (Å²) in [6.45, 7) is 1.10. The predicted molar refractivity (Wildman–Crippen MR) is 108 cm³/mol. The average Bonchev–Trinajstić information content (AvgIpc) is 3.25. The molecule has 0 spiro atoms. The SMILES string of the molecule is CCOC(=O)c1cnn(-c2cccc(-c3cc(C(F)F)ccc3OS(=O)(=O)C(F)(F)F)n2)c1C(F)(F)F. The Kier molecular flexibility index (Phi) is 7.48. The summed E-state index contributed by atoms with van der Waals surface area (Å²) < 4.78 is 138.